The quantitative estimate of drug-likeness (QED) is 0.455. The summed E-state index contributed by atoms with van der Waals surface area (Å²) >= 11 is 6.08. The van der Waals surface area contributed by atoms with Gasteiger partial charge in [-0.15, -0.1) is 10.2 Å². The first-order valence-corrected chi connectivity index (χ1v) is 10.3. The molecule has 0 atom stereocenters. The number of anilines is 1. The highest BCUT2D eigenvalue weighted by Crippen LogP contribution is 2.30. The Labute approximate surface area is 173 Å². The Balaban J connectivity index is 1.59. The molecule has 3 heterocycles. The maximum atomic E-state index is 6.08. The normalized spacial score (nSPS) is 14.9. The van der Waals surface area contributed by atoms with Crippen LogP contribution >= 0.6 is 11.6 Å². The van der Waals surface area contributed by atoms with Crippen LogP contribution in [0.5, 0.6) is 0 Å². The minimum absolute atomic E-state index is 0.307. The van der Waals surface area contributed by atoms with Crippen LogP contribution in [0.15, 0.2) is 52.9 Å². The average Bonchev–Trinajstić information content (AvgIpc) is 3.09. The summed E-state index contributed by atoms with van der Waals surface area (Å²) in [6, 6.07) is 15.4. The van der Waals surface area contributed by atoms with Crippen molar-refractivity contribution in [3.8, 4) is 23.2 Å². The molecule has 1 aliphatic heterocycles. The van der Waals surface area contributed by atoms with Crippen molar-refractivity contribution >= 4 is 28.3 Å². The predicted molar refractivity (Wildman–Crippen MR) is 114 cm³/mol. The van der Waals surface area contributed by atoms with Crippen molar-refractivity contribution in [2.24, 2.45) is 0 Å². The Morgan fingerprint density at radius 3 is 2.45 bits per heavy atom. The van der Waals surface area contributed by atoms with Crippen molar-refractivity contribution < 1.29 is 4.42 Å². The number of halogens is 1. The second-order valence-electron chi connectivity index (χ2n) is 7.21. The van der Waals surface area contributed by atoms with Gasteiger partial charge in [0, 0.05) is 29.1 Å². The number of rotatable bonds is 3. The first kappa shape index (κ1) is 18.1. The first-order valence-electron chi connectivity index (χ1n) is 9.89. The van der Waals surface area contributed by atoms with Crippen molar-refractivity contribution in [3.63, 3.8) is 0 Å². The van der Waals surface area contributed by atoms with Gasteiger partial charge in [-0.25, -0.2) is 9.97 Å². The second kappa shape index (κ2) is 7.79. The van der Waals surface area contributed by atoms with Crippen LogP contribution in [0, 0.1) is 0 Å². The Morgan fingerprint density at radius 2 is 1.62 bits per heavy atom. The number of aromatic nitrogens is 4. The first-order chi connectivity index (χ1) is 14.3. The highest BCUT2D eigenvalue weighted by molar-refractivity contribution is 6.30. The molecule has 0 aliphatic carbocycles. The molecule has 5 rings (SSSR count). The highest BCUT2D eigenvalue weighted by Gasteiger charge is 2.20. The summed E-state index contributed by atoms with van der Waals surface area (Å²) in [6.07, 6.45) is 4.87. The van der Waals surface area contributed by atoms with Crippen LogP contribution in [0.2, 0.25) is 5.02 Å². The molecule has 0 N–H and O–H groups in total. The van der Waals surface area contributed by atoms with E-state index in [-0.39, 0.29) is 0 Å². The molecule has 0 bridgehead atoms. The van der Waals surface area contributed by atoms with Crippen molar-refractivity contribution in [2.75, 3.05) is 18.0 Å². The molecule has 1 aliphatic rings. The number of benzene rings is 2. The van der Waals surface area contributed by atoms with Gasteiger partial charge in [-0.2, -0.15) is 0 Å². The Bertz CT molecular complexity index is 1150. The maximum Gasteiger partial charge on any atom is 0.286 e. The highest BCUT2D eigenvalue weighted by atomic mass is 35.5. The number of fused-ring (bicyclic) bond motifs is 1. The molecule has 2 aromatic carbocycles. The molecule has 1 saturated heterocycles. The molecule has 146 valence electrons. The van der Waals surface area contributed by atoms with E-state index in [9.17, 15) is 0 Å². The zero-order valence-electron chi connectivity index (χ0n) is 15.9. The number of hydrogen-bond acceptors (Lipinski definition) is 6. The SMILES string of the molecule is Clc1cccc(-c2nnc(-c3nc(N4CCCCCC4)c4ccccc4n3)o2)c1. The standard InChI is InChI=1S/C22H20ClN5O/c23-16-9-7-8-15(14-16)21-26-27-22(29-21)19-24-18-11-4-3-10-17(18)20(25-19)28-12-5-1-2-6-13-28/h3-4,7-11,14H,1-2,5-6,12-13H2. The lowest BCUT2D eigenvalue weighted by Crippen LogP contribution is -2.25. The van der Waals surface area contributed by atoms with Crippen LogP contribution in [-0.2, 0) is 0 Å². The topological polar surface area (TPSA) is 67.9 Å². The summed E-state index contributed by atoms with van der Waals surface area (Å²) in [5.41, 5.74) is 1.64. The fourth-order valence-corrected chi connectivity index (χ4v) is 3.92. The van der Waals surface area contributed by atoms with E-state index >= 15 is 0 Å². The smallest absolute Gasteiger partial charge is 0.286 e. The van der Waals surface area contributed by atoms with Gasteiger partial charge < -0.3 is 9.32 Å². The van der Waals surface area contributed by atoms with E-state index in [1.807, 2.05) is 36.4 Å². The predicted octanol–water partition coefficient (Wildman–Crippen LogP) is 5.38. The summed E-state index contributed by atoms with van der Waals surface area (Å²) in [6.45, 7) is 2.00. The number of hydrogen-bond donors (Lipinski definition) is 0. The molecular weight excluding hydrogens is 386 g/mol. The molecule has 0 radical (unpaired) electrons. The van der Waals surface area contributed by atoms with Crippen molar-refractivity contribution in [2.45, 2.75) is 25.7 Å². The zero-order chi connectivity index (χ0) is 19.6. The Morgan fingerprint density at radius 1 is 0.828 bits per heavy atom. The van der Waals surface area contributed by atoms with Gasteiger partial charge in [0.2, 0.25) is 11.7 Å². The van der Waals surface area contributed by atoms with Gasteiger partial charge in [0.15, 0.2) is 0 Å². The lowest BCUT2D eigenvalue weighted by Gasteiger charge is -2.23. The summed E-state index contributed by atoms with van der Waals surface area (Å²) in [4.78, 5) is 11.9. The summed E-state index contributed by atoms with van der Waals surface area (Å²) in [7, 11) is 0. The maximum absolute atomic E-state index is 6.08. The molecule has 0 spiro atoms. The molecule has 6 nitrogen and oxygen atoms in total. The second-order valence-corrected chi connectivity index (χ2v) is 7.65. The largest absolute Gasteiger partial charge is 0.413 e. The van der Waals surface area contributed by atoms with Crippen molar-refractivity contribution in [1.29, 1.82) is 0 Å². The third-order valence-corrected chi connectivity index (χ3v) is 5.41. The Kier molecular flexibility index (Phi) is 4.86. The van der Waals surface area contributed by atoms with Gasteiger partial charge in [-0.3, -0.25) is 0 Å². The van der Waals surface area contributed by atoms with E-state index in [1.54, 1.807) is 6.07 Å². The lowest BCUT2D eigenvalue weighted by molar-refractivity contribution is 0.579. The molecule has 0 saturated carbocycles. The van der Waals surface area contributed by atoms with Crippen LogP contribution in [-0.4, -0.2) is 33.3 Å². The van der Waals surface area contributed by atoms with E-state index in [0.717, 1.165) is 35.4 Å². The summed E-state index contributed by atoms with van der Waals surface area (Å²) < 4.78 is 5.90. The fraction of sp³-hybridized carbons (Fsp3) is 0.273. The van der Waals surface area contributed by atoms with E-state index in [4.69, 9.17) is 21.0 Å². The van der Waals surface area contributed by atoms with E-state index in [2.05, 4.69) is 26.1 Å². The summed E-state index contributed by atoms with van der Waals surface area (Å²) in [5, 5.41) is 10.0. The van der Waals surface area contributed by atoms with Crippen molar-refractivity contribution in [3.05, 3.63) is 53.6 Å². The lowest BCUT2D eigenvalue weighted by atomic mass is 10.2. The van der Waals surface area contributed by atoms with Crippen LogP contribution in [0.3, 0.4) is 0 Å². The third-order valence-electron chi connectivity index (χ3n) is 5.18. The molecule has 0 amide bonds. The van der Waals surface area contributed by atoms with Gasteiger partial charge in [0.1, 0.15) is 5.82 Å². The van der Waals surface area contributed by atoms with E-state index in [1.165, 1.54) is 25.7 Å². The van der Waals surface area contributed by atoms with E-state index < -0.39 is 0 Å². The van der Waals surface area contributed by atoms with E-state index in [0.29, 0.717) is 22.6 Å². The van der Waals surface area contributed by atoms with Crippen LogP contribution < -0.4 is 4.90 Å². The minimum atomic E-state index is 0.307. The molecule has 7 heteroatoms. The molecule has 1 fully saturated rings. The Hall–Kier alpha value is -2.99. The molecule has 0 unspecified atom stereocenters. The number of para-hydroxylation sites is 1. The zero-order valence-corrected chi connectivity index (χ0v) is 16.6. The van der Waals surface area contributed by atoms with Gasteiger partial charge in [0.25, 0.3) is 5.89 Å². The molecule has 29 heavy (non-hydrogen) atoms. The summed E-state index contributed by atoms with van der Waals surface area (Å²) in [5.74, 6) is 2.09. The fourth-order valence-electron chi connectivity index (χ4n) is 3.73. The van der Waals surface area contributed by atoms with Crippen LogP contribution in [0.1, 0.15) is 25.7 Å². The van der Waals surface area contributed by atoms with Gasteiger partial charge >= 0.3 is 0 Å². The van der Waals surface area contributed by atoms with Crippen LogP contribution in [0.4, 0.5) is 5.82 Å². The molecule has 4 aromatic rings. The number of nitrogens with zero attached hydrogens (tertiary/aromatic N) is 5. The monoisotopic (exact) mass is 405 g/mol. The van der Waals surface area contributed by atoms with Crippen LogP contribution in [0.25, 0.3) is 34.1 Å². The van der Waals surface area contributed by atoms with Gasteiger partial charge in [-0.05, 0) is 43.2 Å². The molecule has 2 aromatic heterocycles. The third kappa shape index (κ3) is 3.68. The molecular formula is C22H20ClN5O. The van der Waals surface area contributed by atoms with Gasteiger partial charge in [0.05, 0.1) is 5.52 Å². The van der Waals surface area contributed by atoms with Crippen molar-refractivity contribution in [1.82, 2.24) is 20.2 Å². The average molecular weight is 406 g/mol. The van der Waals surface area contributed by atoms with Gasteiger partial charge in [-0.1, -0.05) is 42.6 Å². The minimum Gasteiger partial charge on any atom is -0.413 e.